The zero-order valence-corrected chi connectivity index (χ0v) is 17.6. The summed E-state index contributed by atoms with van der Waals surface area (Å²) in [5.74, 6) is -0.973. The zero-order chi connectivity index (χ0) is 22.5. The number of methoxy groups -OCH3 is 1. The third-order valence-corrected chi connectivity index (χ3v) is 4.84. The van der Waals surface area contributed by atoms with Gasteiger partial charge in [0.2, 0.25) is 5.91 Å². The van der Waals surface area contributed by atoms with Crippen LogP contribution in [0, 0.1) is 0 Å². The maximum Gasteiger partial charge on any atom is 0.337 e. The predicted molar refractivity (Wildman–Crippen MR) is 115 cm³/mol. The second-order valence-electron chi connectivity index (χ2n) is 7.16. The van der Waals surface area contributed by atoms with E-state index in [-0.39, 0.29) is 18.2 Å². The summed E-state index contributed by atoms with van der Waals surface area (Å²) >= 11 is 0. The number of rotatable bonds is 7. The summed E-state index contributed by atoms with van der Waals surface area (Å²) in [5.41, 5.74) is 1.53. The van der Waals surface area contributed by atoms with Crippen LogP contribution in [-0.2, 0) is 14.3 Å². The van der Waals surface area contributed by atoms with Gasteiger partial charge in [-0.05, 0) is 49.7 Å². The van der Waals surface area contributed by atoms with Gasteiger partial charge in [0, 0.05) is 17.7 Å². The monoisotopic (exact) mass is 424 g/mol. The quantitative estimate of drug-likeness (QED) is 0.541. The number of ether oxygens (including phenoxy) is 2. The van der Waals surface area contributed by atoms with Gasteiger partial charge in [0.25, 0.3) is 5.91 Å². The van der Waals surface area contributed by atoms with E-state index >= 15 is 0 Å². The largest absolute Gasteiger partial charge is 0.479 e. The maximum atomic E-state index is 12.7. The van der Waals surface area contributed by atoms with E-state index in [0.717, 1.165) is 0 Å². The molecule has 1 atom stereocenters. The van der Waals surface area contributed by atoms with E-state index in [1.54, 1.807) is 43.3 Å². The lowest BCUT2D eigenvalue weighted by molar-refractivity contribution is -0.127. The molecule has 0 radical (unpaired) electrons. The van der Waals surface area contributed by atoms with Crippen molar-refractivity contribution >= 4 is 34.9 Å². The number of esters is 1. The Labute approximate surface area is 180 Å². The first-order chi connectivity index (χ1) is 14.8. The highest BCUT2D eigenvalue weighted by atomic mass is 16.5. The van der Waals surface area contributed by atoms with Crippen LogP contribution in [0.15, 0.2) is 42.5 Å². The molecule has 1 N–H and O–H groups in total. The Bertz CT molecular complexity index is 1030. The third kappa shape index (κ3) is 4.91. The number of Topliss-reactive ketones (excluding diaryl/α,β-unsaturated/α-hetero) is 1. The summed E-state index contributed by atoms with van der Waals surface area (Å²) in [6.07, 6.45) is 0.334. The first-order valence-corrected chi connectivity index (χ1v) is 9.97. The Morgan fingerprint density at radius 1 is 1.13 bits per heavy atom. The molecule has 0 saturated heterocycles. The first kappa shape index (κ1) is 22.0. The van der Waals surface area contributed by atoms with Gasteiger partial charge in [0.15, 0.2) is 11.9 Å². The van der Waals surface area contributed by atoms with Gasteiger partial charge in [-0.1, -0.05) is 13.0 Å². The van der Waals surface area contributed by atoms with E-state index in [0.29, 0.717) is 41.1 Å². The molecule has 1 aliphatic rings. The number of hydrogen-bond donors (Lipinski definition) is 1. The SMILES string of the molecule is CCCC(=O)c1ccc2c(c1)N(CC(=O)Nc1cccc(C(=O)OC)c1)C(=O)C(C)O2. The van der Waals surface area contributed by atoms with Crippen molar-refractivity contribution in [2.75, 3.05) is 23.9 Å². The van der Waals surface area contributed by atoms with Crippen molar-refractivity contribution in [3.05, 3.63) is 53.6 Å². The topological polar surface area (TPSA) is 102 Å². The van der Waals surface area contributed by atoms with Gasteiger partial charge in [-0.2, -0.15) is 0 Å². The van der Waals surface area contributed by atoms with Gasteiger partial charge in [0.1, 0.15) is 12.3 Å². The average Bonchev–Trinajstić information content (AvgIpc) is 2.76. The lowest BCUT2D eigenvalue weighted by Gasteiger charge is -2.32. The predicted octanol–water partition coefficient (Wildman–Crippen LogP) is 3.21. The van der Waals surface area contributed by atoms with Gasteiger partial charge < -0.3 is 14.8 Å². The molecule has 3 rings (SSSR count). The molecule has 1 aliphatic heterocycles. The molecule has 2 aromatic carbocycles. The molecule has 0 aliphatic carbocycles. The van der Waals surface area contributed by atoms with E-state index in [2.05, 4.69) is 10.1 Å². The number of hydrogen-bond acceptors (Lipinski definition) is 6. The molecule has 1 heterocycles. The van der Waals surface area contributed by atoms with Crippen LogP contribution in [-0.4, -0.2) is 43.3 Å². The normalized spacial score (nSPS) is 15.0. The van der Waals surface area contributed by atoms with E-state index in [1.165, 1.54) is 18.1 Å². The highest BCUT2D eigenvalue weighted by molar-refractivity contribution is 6.07. The molecule has 1 unspecified atom stereocenters. The van der Waals surface area contributed by atoms with E-state index in [1.807, 2.05) is 6.92 Å². The minimum absolute atomic E-state index is 0.0413. The fourth-order valence-electron chi connectivity index (χ4n) is 3.30. The molecule has 8 nitrogen and oxygen atoms in total. The molecule has 31 heavy (non-hydrogen) atoms. The highest BCUT2D eigenvalue weighted by Gasteiger charge is 2.33. The van der Waals surface area contributed by atoms with Crippen molar-refractivity contribution in [2.24, 2.45) is 0 Å². The summed E-state index contributed by atoms with van der Waals surface area (Å²) in [7, 11) is 1.27. The van der Waals surface area contributed by atoms with Crippen molar-refractivity contribution in [3.63, 3.8) is 0 Å². The average molecular weight is 424 g/mol. The van der Waals surface area contributed by atoms with Gasteiger partial charge in [0.05, 0.1) is 18.4 Å². The van der Waals surface area contributed by atoms with Crippen LogP contribution in [0.5, 0.6) is 5.75 Å². The van der Waals surface area contributed by atoms with Crippen LogP contribution in [0.4, 0.5) is 11.4 Å². The Hall–Kier alpha value is -3.68. The fourth-order valence-corrected chi connectivity index (χ4v) is 3.30. The third-order valence-electron chi connectivity index (χ3n) is 4.84. The molecule has 0 aromatic heterocycles. The summed E-state index contributed by atoms with van der Waals surface area (Å²) in [4.78, 5) is 50.7. The second kappa shape index (κ2) is 9.42. The van der Waals surface area contributed by atoms with Gasteiger partial charge >= 0.3 is 5.97 Å². The van der Waals surface area contributed by atoms with Gasteiger partial charge in [-0.3, -0.25) is 19.3 Å². The van der Waals surface area contributed by atoms with Gasteiger partial charge in [-0.15, -0.1) is 0 Å². The number of carbonyl (C=O) groups is 4. The number of nitrogens with zero attached hydrogens (tertiary/aromatic N) is 1. The van der Waals surface area contributed by atoms with Crippen LogP contribution in [0.2, 0.25) is 0 Å². The Morgan fingerprint density at radius 3 is 2.61 bits per heavy atom. The number of fused-ring (bicyclic) bond motifs is 1. The Kier molecular flexibility index (Phi) is 6.69. The summed E-state index contributed by atoms with van der Waals surface area (Å²) in [5, 5.41) is 2.68. The van der Waals surface area contributed by atoms with Crippen LogP contribution in [0.25, 0.3) is 0 Å². The first-order valence-electron chi connectivity index (χ1n) is 9.97. The molecular formula is C23H24N2O6. The fraction of sp³-hybridized carbons (Fsp3) is 0.304. The molecule has 162 valence electrons. The smallest absolute Gasteiger partial charge is 0.337 e. The van der Waals surface area contributed by atoms with Crippen molar-refractivity contribution in [3.8, 4) is 5.75 Å². The van der Waals surface area contributed by atoms with Crippen molar-refractivity contribution in [1.82, 2.24) is 0 Å². The molecule has 8 heteroatoms. The number of carbonyl (C=O) groups excluding carboxylic acids is 4. The van der Waals surface area contributed by atoms with Crippen LogP contribution in [0.3, 0.4) is 0 Å². The van der Waals surface area contributed by atoms with Crippen molar-refractivity contribution < 1.29 is 28.7 Å². The number of benzene rings is 2. The van der Waals surface area contributed by atoms with E-state index < -0.39 is 18.0 Å². The molecule has 2 aromatic rings. The highest BCUT2D eigenvalue weighted by Crippen LogP contribution is 2.35. The lowest BCUT2D eigenvalue weighted by atomic mass is 10.0. The minimum Gasteiger partial charge on any atom is -0.479 e. The van der Waals surface area contributed by atoms with Crippen molar-refractivity contribution in [1.29, 1.82) is 0 Å². The number of ketones is 1. The molecule has 0 saturated carbocycles. The number of nitrogens with one attached hydrogen (secondary N) is 1. The standard InChI is InChI=1S/C23H24N2O6/c1-4-6-19(26)15-9-10-20-18(12-15)25(22(28)14(2)31-20)13-21(27)24-17-8-5-7-16(11-17)23(29)30-3/h5,7-12,14H,4,6,13H2,1-3H3,(H,24,27). The molecule has 0 fully saturated rings. The van der Waals surface area contributed by atoms with Crippen LogP contribution >= 0.6 is 0 Å². The molecule has 2 amide bonds. The molecular weight excluding hydrogens is 400 g/mol. The molecule has 0 bridgehead atoms. The minimum atomic E-state index is -0.764. The second-order valence-corrected chi connectivity index (χ2v) is 7.16. The van der Waals surface area contributed by atoms with Gasteiger partial charge in [-0.25, -0.2) is 4.79 Å². The summed E-state index contributed by atoms with van der Waals surface area (Å²) < 4.78 is 10.3. The van der Waals surface area contributed by atoms with E-state index in [4.69, 9.17) is 4.74 Å². The van der Waals surface area contributed by atoms with Crippen LogP contribution < -0.4 is 15.0 Å². The summed E-state index contributed by atoms with van der Waals surface area (Å²) in [6, 6.07) is 11.2. The van der Waals surface area contributed by atoms with E-state index in [9.17, 15) is 19.2 Å². The Balaban J connectivity index is 1.83. The number of amides is 2. The number of anilines is 2. The Morgan fingerprint density at radius 2 is 1.90 bits per heavy atom. The zero-order valence-electron chi connectivity index (χ0n) is 17.6. The summed E-state index contributed by atoms with van der Waals surface area (Å²) in [6.45, 7) is 3.25. The molecule has 0 spiro atoms. The van der Waals surface area contributed by atoms with Crippen molar-refractivity contribution in [2.45, 2.75) is 32.8 Å². The maximum absolute atomic E-state index is 12.7. The van der Waals surface area contributed by atoms with Crippen LogP contribution in [0.1, 0.15) is 47.4 Å². The lowest BCUT2D eigenvalue weighted by Crippen LogP contribution is -2.47.